The number of anilines is 2. The zero-order valence-corrected chi connectivity index (χ0v) is 45.4. The van der Waals surface area contributed by atoms with Crippen LogP contribution in [0.4, 0.5) is 34.1 Å². The normalized spacial score (nSPS) is 11.8. The Hall–Kier alpha value is -2.20. The minimum Gasteiger partial charge on any atom is -0.744 e. The Balaban J connectivity index is 0.00000352. The molecule has 0 unspecified atom stereocenters. The van der Waals surface area contributed by atoms with Crippen molar-refractivity contribution >= 4 is 98.1 Å². The number of phenolic OH excluding ortho intramolecular Hbond substituents is 2. The van der Waals surface area contributed by atoms with E-state index in [1.807, 2.05) is 0 Å². The van der Waals surface area contributed by atoms with Crippen LogP contribution in [0.15, 0.2) is 113 Å². The molecule has 64 heavy (non-hydrogen) atoms. The smallest absolute Gasteiger partial charge is 0.744 e. The van der Waals surface area contributed by atoms with E-state index in [1.165, 1.54) is 38.5 Å². The molecule has 0 amide bonds. The molecule has 6 aromatic rings. The molecule has 6 aromatic carbocycles. The van der Waals surface area contributed by atoms with Crippen molar-refractivity contribution < 1.29 is 191 Å². The number of nitrogen functional groups attached to an aromatic ring is 2. The van der Waals surface area contributed by atoms with Gasteiger partial charge in [-0.15, -0.1) is 20.5 Å². The predicted molar refractivity (Wildman–Crippen MR) is 205 cm³/mol. The Kier molecular flexibility index (Phi) is 21.0. The van der Waals surface area contributed by atoms with Gasteiger partial charge in [-0.1, -0.05) is 24.3 Å². The van der Waals surface area contributed by atoms with Gasteiger partial charge in [-0.05, 0) is 59.7 Å². The van der Waals surface area contributed by atoms with Crippen LogP contribution < -0.4 is 144 Å². The number of methoxy groups -OCH3 is 2. The molecule has 22 nitrogen and oxygen atoms in total. The molecule has 0 heterocycles. The zero-order chi connectivity index (χ0) is 43.9. The van der Waals surface area contributed by atoms with E-state index in [9.17, 15) is 54.4 Å². The number of rotatable bonds is 13. The Morgan fingerprint density at radius 1 is 0.547 bits per heavy atom. The van der Waals surface area contributed by atoms with Crippen molar-refractivity contribution in [1.29, 1.82) is 0 Å². The van der Waals surface area contributed by atoms with E-state index in [0.29, 0.717) is 17.2 Å². The number of phenols is 2. The second-order valence-electron chi connectivity index (χ2n) is 12.0. The van der Waals surface area contributed by atoms with Crippen LogP contribution in [0, 0.1) is 0 Å². The molecule has 0 aromatic heterocycles. The zero-order valence-electron chi connectivity index (χ0n) is 34.1. The van der Waals surface area contributed by atoms with Crippen molar-refractivity contribution in [2.24, 2.45) is 20.5 Å². The van der Waals surface area contributed by atoms with Crippen molar-refractivity contribution in [3.05, 3.63) is 72.8 Å². The largest absolute Gasteiger partial charge is 1.00 e. The van der Waals surface area contributed by atoms with Crippen molar-refractivity contribution in [3.63, 3.8) is 0 Å². The van der Waals surface area contributed by atoms with Gasteiger partial charge in [0.25, 0.3) is 0 Å². The summed E-state index contributed by atoms with van der Waals surface area (Å²) in [6, 6.07) is 15.3. The maximum atomic E-state index is 11.9. The number of nitrogens with zero attached hydrogens (tertiary/aromatic N) is 4. The first kappa shape index (κ1) is 57.9. The maximum Gasteiger partial charge on any atom is 1.00 e. The molecule has 0 spiro atoms. The molecule has 0 bridgehead atoms. The van der Waals surface area contributed by atoms with Gasteiger partial charge in [-0.25, -0.2) is 25.3 Å². The minimum absolute atomic E-state index is 0. The number of hydrogen-bond acceptors (Lipinski definition) is 23. The van der Waals surface area contributed by atoms with Crippen LogP contribution in [0.2, 0.25) is 0 Å². The van der Waals surface area contributed by atoms with Crippen molar-refractivity contribution in [1.82, 2.24) is 0 Å². The molecule has 0 aliphatic rings. The van der Waals surface area contributed by atoms with Crippen LogP contribution in [0.1, 0.15) is 0 Å². The molecule has 30 heteroatoms. The summed E-state index contributed by atoms with van der Waals surface area (Å²) in [5, 5.41) is 50.7. The third kappa shape index (κ3) is 12.3. The second kappa shape index (κ2) is 23.2. The summed E-state index contributed by atoms with van der Waals surface area (Å²) >= 11 is 0.272. The number of ether oxygens (including phenoxy) is 2. The summed E-state index contributed by atoms with van der Waals surface area (Å²) in [6.45, 7) is 0. The molecule has 0 atom stereocenters. The van der Waals surface area contributed by atoms with E-state index in [4.69, 9.17) is 20.9 Å². The number of azo groups is 2. The van der Waals surface area contributed by atoms with Gasteiger partial charge >= 0.3 is 118 Å². The first-order valence-electron chi connectivity index (χ1n) is 16.1. The van der Waals surface area contributed by atoms with Crippen LogP contribution in [0.3, 0.4) is 0 Å². The summed E-state index contributed by atoms with van der Waals surface area (Å²) < 4.78 is 122. The van der Waals surface area contributed by atoms with E-state index in [0.717, 1.165) is 18.2 Å². The van der Waals surface area contributed by atoms with E-state index < -0.39 is 78.7 Å². The van der Waals surface area contributed by atoms with Gasteiger partial charge in [0.2, 0.25) is 0 Å². The van der Waals surface area contributed by atoms with Crippen LogP contribution >= 0.6 is 12.0 Å². The first-order chi connectivity index (χ1) is 28.2. The quantitative estimate of drug-likeness (QED) is 0.0159. The number of fused-ring (bicyclic) bond motifs is 2. The average molecular weight is 993 g/mol. The van der Waals surface area contributed by atoms with Gasteiger partial charge in [-0.2, -0.15) is 4.33 Å². The SMILES string of the molecule is COc1cc(-c2ccc(N=Nc3ccc4c(S(=O)(=O)[O-])cc(S(=O)(=O)[O-])c(N)c4c3O)c(OC)c2)ccc1N=Nc1ccc2c(SOO[O-])cc(S(=O)(=O)[O-])c(N)c2c1O.[Na+].[Na+].[Na+].[Na+]. The van der Waals surface area contributed by atoms with Gasteiger partial charge < -0.3 is 50.1 Å². The fourth-order valence-corrected chi connectivity index (χ4v) is 8.55. The first-order valence-corrected chi connectivity index (χ1v) is 21.0. The van der Waals surface area contributed by atoms with E-state index in [-0.39, 0.29) is 180 Å². The summed E-state index contributed by atoms with van der Waals surface area (Å²) in [5.74, 6) is -1.18. The average Bonchev–Trinajstić information content (AvgIpc) is 3.18. The number of benzene rings is 6. The second-order valence-corrected chi connectivity index (χ2v) is 16.8. The molecular weight excluding hydrogens is 969 g/mol. The van der Waals surface area contributed by atoms with Crippen molar-refractivity contribution in [2.45, 2.75) is 19.6 Å². The van der Waals surface area contributed by atoms with E-state index in [2.05, 4.69) is 29.8 Å². The van der Waals surface area contributed by atoms with Gasteiger partial charge in [0.15, 0.2) is 11.5 Å². The summed E-state index contributed by atoms with van der Waals surface area (Å²) in [7, 11) is -13.2. The molecule has 0 radical (unpaired) electrons. The third-order valence-electron chi connectivity index (χ3n) is 8.62. The van der Waals surface area contributed by atoms with Crippen LogP contribution in [-0.4, -0.2) is 63.3 Å². The Morgan fingerprint density at radius 2 is 0.922 bits per heavy atom. The third-order valence-corrected chi connectivity index (χ3v) is 11.9. The number of aromatic hydroxyl groups is 2. The molecular formula is C34H24N6Na4O16S4. The van der Waals surface area contributed by atoms with Crippen molar-refractivity contribution in [3.8, 4) is 34.1 Å². The Morgan fingerprint density at radius 3 is 1.33 bits per heavy atom. The van der Waals surface area contributed by atoms with Gasteiger partial charge in [0, 0.05) is 15.7 Å². The predicted octanol–water partition coefficient (Wildman–Crippen LogP) is -6.96. The topological polar surface area (TPSA) is 374 Å². The van der Waals surface area contributed by atoms with Gasteiger partial charge in [-0.3, -0.25) is 5.04 Å². The molecule has 314 valence electrons. The molecule has 0 aliphatic carbocycles. The molecule has 0 aliphatic heterocycles. The fraction of sp³-hybridized carbons (Fsp3) is 0.0588. The maximum absolute atomic E-state index is 11.9. The van der Waals surface area contributed by atoms with Gasteiger partial charge in [0.05, 0.1) is 63.1 Å². The summed E-state index contributed by atoms with van der Waals surface area (Å²) in [4.78, 5) is -3.34. The molecule has 6 N–H and O–H groups in total. The van der Waals surface area contributed by atoms with Crippen LogP contribution in [0.25, 0.3) is 32.7 Å². The van der Waals surface area contributed by atoms with Crippen LogP contribution in [0.5, 0.6) is 23.0 Å². The van der Waals surface area contributed by atoms with Gasteiger partial charge in [0.1, 0.15) is 64.6 Å². The Bertz CT molecular complexity index is 3170. The van der Waals surface area contributed by atoms with Crippen LogP contribution in [-0.2, 0) is 39.7 Å². The number of hydrogen-bond donors (Lipinski definition) is 4. The Labute approximate surface area is 456 Å². The van der Waals surface area contributed by atoms with Crippen molar-refractivity contribution in [2.75, 3.05) is 25.7 Å². The summed E-state index contributed by atoms with van der Waals surface area (Å²) in [6.07, 6.45) is 0. The van der Waals surface area contributed by atoms with E-state index >= 15 is 0 Å². The molecule has 6 rings (SSSR count). The van der Waals surface area contributed by atoms with E-state index in [1.54, 1.807) is 24.3 Å². The molecule has 0 fully saturated rings. The summed E-state index contributed by atoms with van der Waals surface area (Å²) in [5.41, 5.74) is 11.2. The molecule has 0 saturated heterocycles. The minimum atomic E-state index is -5.40. The standard InChI is InChI=1S/C34H28N6O16S4.4Na/c1-53-23-11-15(3-7-19(23)37-39-21-9-5-17-25(57-56-55-43)13-27(59(47,48)49)31(35)29(17)33(21)41)16-4-8-20(24(12-16)54-2)38-40-22-10-6-18-26(58(44,45)46)14-28(60(50,51)52)32(36)30(18)34(22)42;;;;/h3-14,41-43H,35-36H2,1-2H3,(H,44,45,46)(H,47,48,49)(H,50,51,52);;;;/q;4*+1/p-4. The fourth-order valence-electron chi connectivity index (χ4n) is 5.91. The number of nitrogens with two attached hydrogens (primary N) is 2. The molecule has 0 saturated carbocycles. The monoisotopic (exact) mass is 992 g/mol.